The summed E-state index contributed by atoms with van der Waals surface area (Å²) in [5, 5.41) is 13.1. The average Bonchev–Trinajstić information content (AvgIpc) is 2.65. The number of rotatable bonds is 2. The minimum absolute atomic E-state index is 0.0563. The lowest BCUT2D eigenvalue weighted by molar-refractivity contribution is -0.135. The molecule has 0 fully saturated rings. The molecule has 0 aliphatic carbocycles. The number of carboxylic acid groups (broad SMARTS) is 1. The third-order valence-electron chi connectivity index (χ3n) is 3.25. The zero-order valence-corrected chi connectivity index (χ0v) is 10.8. The molecule has 2 rings (SSSR count). The molecule has 0 saturated carbocycles. The van der Waals surface area contributed by atoms with Gasteiger partial charge in [0.05, 0.1) is 0 Å². The fourth-order valence-corrected chi connectivity index (χ4v) is 2.32. The molecular weight excluding hydrogens is 234 g/mol. The second-order valence-corrected chi connectivity index (χ2v) is 4.87. The van der Waals surface area contributed by atoms with Gasteiger partial charge in [-0.1, -0.05) is 13.8 Å². The molecule has 1 N–H and O–H groups in total. The van der Waals surface area contributed by atoms with Crippen LogP contribution in [0, 0.1) is 5.92 Å². The Balaban J connectivity index is 2.33. The lowest BCUT2D eigenvalue weighted by Gasteiger charge is -2.28. The summed E-state index contributed by atoms with van der Waals surface area (Å²) in [5.74, 6) is -1.05. The van der Waals surface area contributed by atoms with Gasteiger partial charge in [0.2, 0.25) is 5.91 Å². The van der Waals surface area contributed by atoms with Crippen molar-refractivity contribution in [2.24, 2.45) is 13.0 Å². The number of aromatic carboxylic acids is 1. The number of carbonyl (C=O) groups excluding carboxylic acids is 1. The number of aryl methyl sites for hydroxylation is 1. The Morgan fingerprint density at radius 3 is 2.61 bits per heavy atom. The zero-order chi connectivity index (χ0) is 13.4. The van der Waals surface area contributed by atoms with Crippen molar-refractivity contribution in [2.45, 2.75) is 26.8 Å². The molecule has 2 heterocycles. The van der Waals surface area contributed by atoms with Crippen LogP contribution in [-0.4, -0.2) is 38.2 Å². The molecule has 1 aliphatic heterocycles. The Kier molecular flexibility index (Phi) is 3.11. The van der Waals surface area contributed by atoms with E-state index in [1.807, 2.05) is 13.8 Å². The molecule has 0 unspecified atom stereocenters. The molecule has 1 aromatic heterocycles. The predicted octanol–water partition coefficient (Wildman–Crippen LogP) is 0.659. The van der Waals surface area contributed by atoms with Crippen LogP contribution in [0.5, 0.6) is 0 Å². The normalized spacial score (nSPS) is 14.8. The molecule has 0 saturated heterocycles. The van der Waals surface area contributed by atoms with Crippen LogP contribution in [0.4, 0.5) is 0 Å². The van der Waals surface area contributed by atoms with E-state index in [9.17, 15) is 9.59 Å². The molecule has 0 aromatic carbocycles. The summed E-state index contributed by atoms with van der Waals surface area (Å²) >= 11 is 0. The van der Waals surface area contributed by atoms with Crippen molar-refractivity contribution in [3.05, 3.63) is 17.0 Å². The monoisotopic (exact) mass is 251 g/mol. The van der Waals surface area contributed by atoms with E-state index in [-0.39, 0.29) is 17.5 Å². The molecule has 6 nitrogen and oxygen atoms in total. The third-order valence-corrected chi connectivity index (χ3v) is 3.25. The number of nitrogens with zero attached hydrogens (tertiary/aromatic N) is 3. The minimum Gasteiger partial charge on any atom is -0.476 e. The van der Waals surface area contributed by atoms with Crippen molar-refractivity contribution in [2.75, 3.05) is 6.54 Å². The highest BCUT2D eigenvalue weighted by Gasteiger charge is 2.29. The van der Waals surface area contributed by atoms with Gasteiger partial charge in [-0.2, -0.15) is 5.10 Å². The number of fused-ring (bicyclic) bond motifs is 1. The number of amides is 1. The van der Waals surface area contributed by atoms with Crippen molar-refractivity contribution >= 4 is 11.9 Å². The van der Waals surface area contributed by atoms with E-state index in [1.165, 1.54) is 0 Å². The highest BCUT2D eigenvalue weighted by atomic mass is 16.4. The SMILES string of the molecule is CC(C)C(=O)N1CCc2c(c(C(=O)O)nn2C)C1. The predicted molar refractivity (Wildman–Crippen MR) is 64.1 cm³/mol. The van der Waals surface area contributed by atoms with Crippen LogP contribution in [-0.2, 0) is 24.8 Å². The second kappa shape index (κ2) is 4.44. The molecule has 0 radical (unpaired) electrons. The lowest BCUT2D eigenvalue weighted by atomic mass is 10.0. The fourth-order valence-electron chi connectivity index (χ4n) is 2.32. The standard InChI is InChI=1S/C12H17N3O3/c1-7(2)11(16)15-5-4-9-8(6-15)10(12(17)18)13-14(9)3/h7H,4-6H2,1-3H3,(H,17,18). The van der Waals surface area contributed by atoms with E-state index in [0.29, 0.717) is 25.1 Å². The maximum atomic E-state index is 11.9. The largest absolute Gasteiger partial charge is 0.476 e. The second-order valence-electron chi connectivity index (χ2n) is 4.87. The first-order valence-corrected chi connectivity index (χ1v) is 5.98. The summed E-state index contributed by atoms with van der Waals surface area (Å²) in [6.07, 6.45) is 0.657. The highest BCUT2D eigenvalue weighted by Crippen LogP contribution is 2.23. The van der Waals surface area contributed by atoms with Gasteiger partial charge in [-0.25, -0.2) is 4.79 Å². The minimum atomic E-state index is -1.04. The van der Waals surface area contributed by atoms with E-state index in [1.54, 1.807) is 16.6 Å². The molecule has 6 heteroatoms. The van der Waals surface area contributed by atoms with Gasteiger partial charge in [-0.15, -0.1) is 0 Å². The van der Waals surface area contributed by atoms with Gasteiger partial charge in [-0.3, -0.25) is 9.48 Å². The van der Waals surface area contributed by atoms with Crippen LogP contribution >= 0.6 is 0 Å². The molecule has 0 spiro atoms. The third kappa shape index (κ3) is 1.98. The fraction of sp³-hybridized carbons (Fsp3) is 0.583. The molecule has 1 aliphatic rings. The Morgan fingerprint density at radius 2 is 2.06 bits per heavy atom. The summed E-state index contributed by atoms with van der Waals surface area (Å²) in [7, 11) is 1.74. The Hall–Kier alpha value is -1.85. The molecule has 0 atom stereocenters. The number of carboxylic acids is 1. The van der Waals surface area contributed by atoms with Crippen molar-refractivity contribution in [1.29, 1.82) is 0 Å². The van der Waals surface area contributed by atoms with Gasteiger partial charge in [-0.05, 0) is 0 Å². The molecular formula is C12H17N3O3. The van der Waals surface area contributed by atoms with Crippen LogP contribution in [0.3, 0.4) is 0 Å². The Bertz CT molecular complexity index is 505. The van der Waals surface area contributed by atoms with E-state index in [4.69, 9.17) is 5.11 Å². The Morgan fingerprint density at radius 1 is 1.39 bits per heavy atom. The maximum absolute atomic E-state index is 11.9. The molecule has 1 aromatic rings. The van der Waals surface area contributed by atoms with Gasteiger partial charge in [0.1, 0.15) is 0 Å². The maximum Gasteiger partial charge on any atom is 0.356 e. The highest BCUT2D eigenvalue weighted by molar-refractivity contribution is 5.88. The first kappa shape index (κ1) is 12.6. The van der Waals surface area contributed by atoms with Crippen LogP contribution in [0.1, 0.15) is 35.6 Å². The molecule has 1 amide bonds. The lowest BCUT2D eigenvalue weighted by Crippen LogP contribution is -2.38. The van der Waals surface area contributed by atoms with Gasteiger partial charge < -0.3 is 10.0 Å². The topological polar surface area (TPSA) is 75.4 Å². The summed E-state index contributed by atoms with van der Waals surface area (Å²) in [5.41, 5.74) is 1.65. The number of hydrogen-bond donors (Lipinski definition) is 1. The first-order valence-electron chi connectivity index (χ1n) is 5.98. The number of hydrogen-bond acceptors (Lipinski definition) is 3. The zero-order valence-electron chi connectivity index (χ0n) is 10.8. The molecule has 98 valence electrons. The Labute approximate surface area is 105 Å². The average molecular weight is 251 g/mol. The van der Waals surface area contributed by atoms with Gasteiger partial charge in [0, 0.05) is 43.7 Å². The van der Waals surface area contributed by atoms with Crippen molar-refractivity contribution in [3.8, 4) is 0 Å². The van der Waals surface area contributed by atoms with Crippen LogP contribution in [0.2, 0.25) is 0 Å². The van der Waals surface area contributed by atoms with E-state index in [0.717, 1.165) is 5.69 Å². The van der Waals surface area contributed by atoms with Gasteiger partial charge >= 0.3 is 5.97 Å². The number of aromatic nitrogens is 2. The smallest absolute Gasteiger partial charge is 0.356 e. The van der Waals surface area contributed by atoms with Crippen LogP contribution in [0.25, 0.3) is 0 Å². The van der Waals surface area contributed by atoms with Gasteiger partial charge in [0.25, 0.3) is 0 Å². The molecule has 18 heavy (non-hydrogen) atoms. The quantitative estimate of drug-likeness (QED) is 0.837. The molecule has 0 bridgehead atoms. The van der Waals surface area contributed by atoms with Crippen molar-refractivity contribution < 1.29 is 14.7 Å². The summed E-state index contributed by atoms with van der Waals surface area (Å²) in [6.45, 7) is 4.67. The van der Waals surface area contributed by atoms with Crippen LogP contribution < -0.4 is 0 Å². The van der Waals surface area contributed by atoms with Crippen molar-refractivity contribution in [1.82, 2.24) is 14.7 Å². The van der Waals surface area contributed by atoms with Crippen LogP contribution in [0.15, 0.2) is 0 Å². The summed E-state index contributed by atoms with van der Waals surface area (Å²) < 4.78 is 1.61. The summed E-state index contributed by atoms with van der Waals surface area (Å²) in [6, 6.07) is 0. The van der Waals surface area contributed by atoms with E-state index in [2.05, 4.69) is 5.10 Å². The van der Waals surface area contributed by atoms with E-state index >= 15 is 0 Å². The van der Waals surface area contributed by atoms with Crippen molar-refractivity contribution in [3.63, 3.8) is 0 Å². The summed E-state index contributed by atoms with van der Waals surface area (Å²) in [4.78, 5) is 24.8. The first-order chi connectivity index (χ1) is 8.41. The van der Waals surface area contributed by atoms with E-state index < -0.39 is 5.97 Å². The van der Waals surface area contributed by atoms with Gasteiger partial charge in [0.15, 0.2) is 5.69 Å². The number of carbonyl (C=O) groups is 2.